The fourth-order valence-corrected chi connectivity index (χ4v) is 2.02. The average molecular weight is 288 g/mol. The van der Waals surface area contributed by atoms with E-state index in [9.17, 15) is 4.79 Å². The van der Waals surface area contributed by atoms with Gasteiger partial charge >= 0.3 is 0 Å². The van der Waals surface area contributed by atoms with Gasteiger partial charge in [0.1, 0.15) is 6.04 Å². The number of hydrogen-bond donors (Lipinski definition) is 3. The molecule has 2 aromatic rings. The Kier molecular flexibility index (Phi) is 4.94. The number of nitrogens with zero attached hydrogens (tertiary/aromatic N) is 1. The third-order valence-corrected chi connectivity index (χ3v) is 3.14. The molecule has 1 amide bonds. The lowest BCUT2D eigenvalue weighted by Crippen LogP contribution is -2.39. The fraction of sp³-hybridized carbons (Fsp3) is 0.333. The molecule has 0 spiro atoms. The molecule has 1 aromatic heterocycles. The SMILES string of the molecule is COCCNC(=O)C(C)Nc1ccnc2cc(N)ccc12. The second kappa shape index (κ2) is 6.90. The van der Waals surface area contributed by atoms with Gasteiger partial charge < -0.3 is 21.1 Å². The van der Waals surface area contributed by atoms with Crippen LogP contribution in [-0.4, -0.2) is 37.2 Å². The van der Waals surface area contributed by atoms with Crippen LogP contribution in [0, 0.1) is 0 Å². The number of anilines is 2. The molecule has 21 heavy (non-hydrogen) atoms. The van der Waals surface area contributed by atoms with Gasteiger partial charge in [-0.2, -0.15) is 0 Å². The summed E-state index contributed by atoms with van der Waals surface area (Å²) in [5.74, 6) is -0.0764. The van der Waals surface area contributed by atoms with Crippen molar-refractivity contribution in [1.29, 1.82) is 0 Å². The van der Waals surface area contributed by atoms with Crippen LogP contribution >= 0.6 is 0 Å². The van der Waals surface area contributed by atoms with Crippen molar-refractivity contribution in [2.45, 2.75) is 13.0 Å². The molecule has 0 saturated carbocycles. The summed E-state index contributed by atoms with van der Waals surface area (Å²) in [7, 11) is 1.60. The maximum absolute atomic E-state index is 11.9. The minimum Gasteiger partial charge on any atom is -0.399 e. The Hall–Kier alpha value is -2.34. The van der Waals surface area contributed by atoms with Gasteiger partial charge in [-0.05, 0) is 31.2 Å². The molecule has 1 heterocycles. The maximum atomic E-state index is 11.9. The van der Waals surface area contributed by atoms with E-state index in [0.29, 0.717) is 18.8 Å². The first-order chi connectivity index (χ1) is 10.1. The number of carbonyl (C=O) groups excluding carboxylic acids is 1. The van der Waals surface area contributed by atoms with E-state index < -0.39 is 0 Å². The Morgan fingerprint density at radius 1 is 1.43 bits per heavy atom. The standard InChI is InChI=1S/C15H20N4O2/c1-10(15(20)18-7-8-21-2)19-13-5-6-17-14-9-11(16)3-4-12(13)14/h3-6,9-10H,7-8,16H2,1-2H3,(H,17,19)(H,18,20). The topological polar surface area (TPSA) is 89.3 Å². The highest BCUT2D eigenvalue weighted by atomic mass is 16.5. The summed E-state index contributed by atoms with van der Waals surface area (Å²) >= 11 is 0. The van der Waals surface area contributed by atoms with Crippen molar-refractivity contribution in [1.82, 2.24) is 10.3 Å². The Balaban J connectivity index is 2.10. The van der Waals surface area contributed by atoms with Gasteiger partial charge in [0.2, 0.25) is 5.91 Å². The Bertz CT molecular complexity index is 630. The largest absolute Gasteiger partial charge is 0.399 e. The highest BCUT2D eigenvalue weighted by Crippen LogP contribution is 2.23. The molecule has 6 nitrogen and oxygen atoms in total. The van der Waals surface area contributed by atoms with E-state index in [1.807, 2.05) is 31.2 Å². The number of benzene rings is 1. The summed E-state index contributed by atoms with van der Waals surface area (Å²) in [4.78, 5) is 16.2. The second-order valence-corrected chi connectivity index (χ2v) is 4.78. The molecule has 0 aliphatic rings. The number of amides is 1. The zero-order valence-electron chi connectivity index (χ0n) is 12.2. The fourth-order valence-electron chi connectivity index (χ4n) is 2.02. The third kappa shape index (κ3) is 3.82. The van der Waals surface area contributed by atoms with E-state index >= 15 is 0 Å². The molecule has 0 fully saturated rings. The van der Waals surface area contributed by atoms with Crippen LogP contribution in [0.4, 0.5) is 11.4 Å². The first-order valence-corrected chi connectivity index (χ1v) is 6.79. The number of carbonyl (C=O) groups is 1. The first kappa shape index (κ1) is 15.1. The summed E-state index contributed by atoms with van der Waals surface area (Å²) in [6.07, 6.45) is 1.69. The molecule has 0 aliphatic heterocycles. The lowest BCUT2D eigenvalue weighted by molar-refractivity contribution is -0.121. The number of nitrogens with one attached hydrogen (secondary N) is 2. The maximum Gasteiger partial charge on any atom is 0.242 e. The van der Waals surface area contributed by atoms with Crippen LogP contribution in [0.2, 0.25) is 0 Å². The zero-order valence-corrected chi connectivity index (χ0v) is 12.2. The summed E-state index contributed by atoms with van der Waals surface area (Å²) in [6.45, 7) is 2.80. The molecule has 0 radical (unpaired) electrons. The number of nitrogen functional groups attached to an aromatic ring is 1. The molecule has 6 heteroatoms. The molecule has 1 unspecified atom stereocenters. The molecule has 2 rings (SSSR count). The Morgan fingerprint density at radius 2 is 2.24 bits per heavy atom. The van der Waals surface area contributed by atoms with E-state index in [4.69, 9.17) is 10.5 Å². The first-order valence-electron chi connectivity index (χ1n) is 6.79. The predicted molar refractivity (Wildman–Crippen MR) is 84.1 cm³/mol. The smallest absolute Gasteiger partial charge is 0.242 e. The van der Waals surface area contributed by atoms with Crippen molar-refractivity contribution in [2.24, 2.45) is 0 Å². The van der Waals surface area contributed by atoms with Crippen molar-refractivity contribution < 1.29 is 9.53 Å². The molecule has 1 aromatic carbocycles. The van der Waals surface area contributed by atoms with E-state index in [1.54, 1.807) is 13.3 Å². The van der Waals surface area contributed by atoms with Crippen molar-refractivity contribution in [3.05, 3.63) is 30.5 Å². The molecular formula is C15H20N4O2. The van der Waals surface area contributed by atoms with E-state index in [1.165, 1.54) is 0 Å². The van der Waals surface area contributed by atoms with Crippen molar-refractivity contribution in [3.8, 4) is 0 Å². The van der Waals surface area contributed by atoms with Gasteiger partial charge in [-0.1, -0.05) is 0 Å². The quantitative estimate of drug-likeness (QED) is 0.552. The van der Waals surface area contributed by atoms with E-state index in [0.717, 1.165) is 16.6 Å². The monoisotopic (exact) mass is 288 g/mol. The van der Waals surface area contributed by atoms with Gasteiger partial charge in [0.05, 0.1) is 12.1 Å². The van der Waals surface area contributed by atoms with Gasteiger partial charge in [0, 0.05) is 36.6 Å². The number of hydrogen-bond acceptors (Lipinski definition) is 5. The number of ether oxygens (including phenoxy) is 1. The summed E-state index contributed by atoms with van der Waals surface area (Å²) in [5.41, 5.74) is 8.07. The van der Waals surface area contributed by atoms with E-state index in [-0.39, 0.29) is 11.9 Å². The minimum atomic E-state index is -0.356. The van der Waals surface area contributed by atoms with Crippen LogP contribution in [0.3, 0.4) is 0 Å². The van der Waals surface area contributed by atoms with Crippen molar-refractivity contribution in [3.63, 3.8) is 0 Å². The molecule has 0 saturated heterocycles. The average Bonchev–Trinajstić information content (AvgIpc) is 2.47. The van der Waals surface area contributed by atoms with E-state index in [2.05, 4.69) is 15.6 Å². The highest BCUT2D eigenvalue weighted by molar-refractivity contribution is 5.94. The van der Waals surface area contributed by atoms with Gasteiger partial charge in [-0.3, -0.25) is 9.78 Å². The number of aromatic nitrogens is 1. The molecule has 4 N–H and O–H groups in total. The van der Waals surface area contributed by atoms with Crippen LogP contribution in [0.1, 0.15) is 6.92 Å². The number of fused-ring (bicyclic) bond motifs is 1. The lowest BCUT2D eigenvalue weighted by Gasteiger charge is -2.16. The lowest BCUT2D eigenvalue weighted by atomic mass is 10.1. The zero-order chi connectivity index (χ0) is 15.2. The summed E-state index contributed by atoms with van der Waals surface area (Å²) in [5, 5.41) is 6.93. The molecule has 112 valence electrons. The van der Waals surface area contributed by atoms with Crippen LogP contribution in [0.15, 0.2) is 30.5 Å². The normalized spacial score (nSPS) is 12.1. The molecule has 0 bridgehead atoms. The van der Waals surface area contributed by atoms with Crippen molar-refractivity contribution >= 4 is 28.2 Å². The number of methoxy groups -OCH3 is 1. The summed E-state index contributed by atoms with van der Waals surface area (Å²) in [6, 6.07) is 7.01. The Labute approximate surface area is 123 Å². The Morgan fingerprint density at radius 3 is 3.00 bits per heavy atom. The van der Waals surface area contributed by atoms with Gasteiger partial charge in [0.15, 0.2) is 0 Å². The number of nitrogens with two attached hydrogens (primary N) is 1. The van der Waals surface area contributed by atoms with Gasteiger partial charge in [-0.15, -0.1) is 0 Å². The second-order valence-electron chi connectivity index (χ2n) is 4.78. The summed E-state index contributed by atoms with van der Waals surface area (Å²) < 4.78 is 4.90. The van der Waals surface area contributed by atoms with Gasteiger partial charge in [-0.25, -0.2) is 0 Å². The highest BCUT2D eigenvalue weighted by Gasteiger charge is 2.13. The predicted octanol–water partition coefficient (Wildman–Crippen LogP) is 1.38. The molecule has 1 atom stereocenters. The number of pyridine rings is 1. The van der Waals surface area contributed by atoms with Crippen LogP contribution in [0.25, 0.3) is 10.9 Å². The van der Waals surface area contributed by atoms with Crippen molar-refractivity contribution in [2.75, 3.05) is 31.3 Å². The van der Waals surface area contributed by atoms with Crippen LogP contribution in [-0.2, 0) is 9.53 Å². The minimum absolute atomic E-state index is 0.0764. The van der Waals surface area contributed by atoms with Gasteiger partial charge in [0.25, 0.3) is 0 Å². The molecular weight excluding hydrogens is 268 g/mol. The molecule has 0 aliphatic carbocycles. The van der Waals surface area contributed by atoms with Crippen LogP contribution in [0.5, 0.6) is 0 Å². The number of rotatable bonds is 6. The third-order valence-electron chi connectivity index (χ3n) is 3.14. The van der Waals surface area contributed by atoms with Crippen LogP contribution < -0.4 is 16.4 Å².